The number of ether oxygens (including phenoxy) is 1. The topological polar surface area (TPSA) is 101 Å². The van der Waals surface area contributed by atoms with E-state index in [1.807, 2.05) is 38.1 Å². The number of carbonyl (C=O) groups excluding carboxylic acids is 5. The molecule has 2 bridgehead atoms. The number of esters is 1. The van der Waals surface area contributed by atoms with Gasteiger partial charge >= 0.3 is 5.97 Å². The van der Waals surface area contributed by atoms with Gasteiger partial charge in [-0.3, -0.25) is 29.0 Å². The van der Waals surface area contributed by atoms with Gasteiger partial charge < -0.3 is 4.74 Å². The highest BCUT2D eigenvalue weighted by atomic mass is 16.5. The molecule has 5 aliphatic rings. The zero-order valence-electron chi connectivity index (χ0n) is 24.0. The van der Waals surface area contributed by atoms with Crippen molar-refractivity contribution in [1.29, 1.82) is 0 Å². The maximum absolute atomic E-state index is 14.3. The molecule has 4 atom stereocenters. The van der Waals surface area contributed by atoms with Crippen LogP contribution < -0.4 is 9.80 Å². The van der Waals surface area contributed by atoms with Gasteiger partial charge in [-0.25, -0.2) is 4.79 Å². The minimum absolute atomic E-state index is 0.115. The average molecular weight is 555 g/mol. The normalized spacial score (nSPS) is 30.3. The molecule has 0 aromatic heterocycles. The summed E-state index contributed by atoms with van der Waals surface area (Å²) in [4.78, 5) is 72.7. The standard InChI is InChI=1S/C33H34N2O6/c1-6-18-9-13-20(14-10-18)34-28(36)23-22-17(4)25(32(40)41-8-3)33(5,26(23)30(34)38)27-24(22)29(37)35(31(27)39)21-15-11-19(7-2)12-16-21/h9-16,22-24,26-27H,6-8H2,1-5H3/t22?,23-,24-,26-,27-,33?/m0/s1. The molecule has 2 saturated heterocycles. The lowest BCUT2D eigenvalue weighted by Gasteiger charge is -2.55. The Kier molecular flexibility index (Phi) is 6.28. The lowest BCUT2D eigenvalue weighted by molar-refractivity contribution is -0.155. The zero-order chi connectivity index (χ0) is 29.4. The summed E-state index contributed by atoms with van der Waals surface area (Å²) in [7, 11) is 0. The zero-order valence-corrected chi connectivity index (χ0v) is 24.0. The first-order chi connectivity index (χ1) is 19.6. The summed E-state index contributed by atoms with van der Waals surface area (Å²) < 4.78 is 5.45. The molecule has 2 heterocycles. The molecule has 0 spiro atoms. The Bertz CT molecular complexity index is 1430. The second-order valence-electron chi connectivity index (χ2n) is 11.7. The summed E-state index contributed by atoms with van der Waals surface area (Å²) in [5.41, 5.74) is 2.43. The van der Waals surface area contributed by atoms with Crippen molar-refractivity contribution in [3.05, 3.63) is 70.8 Å². The van der Waals surface area contributed by atoms with Gasteiger partial charge in [0.2, 0.25) is 23.6 Å². The Morgan fingerprint density at radius 2 is 1.12 bits per heavy atom. The van der Waals surface area contributed by atoms with Crippen LogP contribution in [0.2, 0.25) is 0 Å². The van der Waals surface area contributed by atoms with Crippen LogP contribution in [0.5, 0.6) is 0 Å². The first kappa shape index (κ1) is 27.1. The number of amides is 4. The fourth-order valence-corrected chi connectivity index (χ4v) is 8.08. The van der Waals surface area contributed by atoms with Crippen molar-refractivity contribution < 1.29 is 28.7 Å². The van der Waals surface area contributed by atoms with Crippen molar-refractivity contribution in [2.24, 2.45) is 35.0 Å². The van der Waals surface area contributed by atoms with Gasteiger partial charge in [-0.05, 0) is 62.1 Å². The molecule has 7 rings (SSSR count). The van der Waals surface area contributed by atoms with Crippen LogP contribution in [0.1, 0.15) is 45.7 Å². The van der Waals surface area contributed by atoms with E-state index in [2.05, 4.69) is 0 Å². The van der Waals surface area contributed by atoms with Gasteiger partial charge in [0, 0.05) is 16.9 Å². The Morgan fingerprint density at radius 3 is 1.49 bits per heavy atom. The summed E-state index contributed by atoms with van der Waals surface area (Å²) in [6.45, 7) is 9.30. The molecule has 2 aliphatic heterocycles. The van der Waals surface area contributed by atoms with Crippen molar-refractivity contribution in [3.63, 3.8) is 0 Å². The summed E-state index contributed by atoms with van der Waals surface area (Å²) >= 11 is 0. The molecule has 4 amide bonds. The molecule has 3 aliphatic carbocycles. The fourth-order valence-electron chi connectivity index (χ4n) is 8.08. The molecule has 3 fully saturated rings. The third kappa shape index (κ3) is 3.49. The number of benzene rings is 2. The van der Waals surface area contributed by atoms with E-state index < -0.39 is 64.6 Å². The molecule has 2 aromatic rings. The highest BCUT2D eigenvalue weighted by molar-refractivity contribution is 6.27. The number of aryl methyl sites for hydroxylation is 2. The molecular weight excluding hydrogens is 520 g/mol. The van der Waals surface area contributed by atoms with Crippen LogP contribution in [0.15, 0.2) is 59.7 Å². The molecule has 0 unspecified atom stereocenters. The van der Waals surface area contributed by atoms with E-state index in [1.54, 1.807) is 45.0 Å². The predicted octanol–water partition coefficient (Wildman–Crippen LogP) is 4.25. The third-order valence-electron chi connectivity index (χ3n) is 9.89. The van der Waals surface area contributed by atoms with E-state index in [0.717, 1.165) is 24.0 Å². The fraction of sp³-hybridized carbons (Fsp3) is 0.424. The van der Waals surface area contributed by atoms with Crippen molar-refractivity contribution in [1.82, 2.24) is 0 Å². The SMILES string of the molecule is CCOC(=O)C1=C(C)C2[C@@H]3C(=O)N(c4ccc(CC)cc4)C(=O)[C@H]3C1(C)[C@@H]1C(=O)N(c3ccc(CC)cc3)C(=O)[C@@H]21. The number of anilines is 2. The van der Waals surface area contributed by atoms with E-state index in [0.29, 0.717) is 16.9 Å². The number of imide groups is 2. The van der Waals surface area contributed by atoms with E-state index in [9.17, 15) is 24.0 Å². The lowest BCUT2D eigenvalue weighted by Crippen LogP contribution is -2.61. The molecule has 212 valence electrons. The van der Waals surface area contributed by atoms with E-state index in [4.69, 9.17) is 4.74 Å². The minimum atomic E-state index is -1.41. The molecule has 2 aromatic carbocycles. The molecule has 8 heteroatoms. The van der Waals surface area contributed by atoms with Gasteiger partial charge in [0.15, 0.2) is 0 Å². The van der Waals surface area contributed by atoms with Crippen molar-refractivity contribution in [2.75, 3.05) is 16.4 Å². The van der Waals surface area contributed by atoms with E-state index in [1.165, 1.54) is 9.80 Å². The molecular formula is C33H34N2O6. The Balaban J connectivity index is 1.51. The average Bonchev–Trinajstić information content (AvgIpc) is 3.39. The monoisotopic (exact) mass is 554 g/mol. The minimum Gasteiger partial charge on any atom is -0.463 e. The highest BCUT2D eigenvalue weighted by Crippen LogP contribution is 2.68. The van der Waals surface area contributed by atoms with Crippen LogP contribution in [0.25, 0.3) is 0 Å². The van der Waals surface area contributed by atoms with E-state index in [-0.39, 0.29) is 12.2 Å². The van der Waals surface area contributed by atoms with Gasteiger partial charge in [0.25, 0.3) is 0 Å². The molecule has 0 N–H and O–H groups in total. The number of allylic oxidation sites excluding steroid dienone is 1. The van der Waals surface area contributed by atoms with Gasteiger partial charge in [-0.2, -0.15) is 0 Å². The van der Waals surface area contributed by atoms with Crippen molar-refractivity contribution in [3.8, 4) is 0 Å². The summed E-state index contributed by atoms with van der Waals surface area (Å²) in [5, 5.41) is 0. The quantitative estimate of drug-likeness (QED) is 0.391. The van der Waals surface area contributed by atoms with Crippen molar-refractivity contribution in [2.45, 2.75) is 47.5 Å². The second-order valence-corrected chi connectivity index (χ2v) is 11.7. The maximum atomic E-state index is 14.3. The Morgan fingerprint density at radius 1 is 0.707 bits per heavy atom. The third-order valence-corrected chi connectivity index (χ3v) is 9.89. The number of carbonyl (C=O) groups is 5. The van der Waals surface area contributed by atoms with Crippen LogP contribution in [-0.4, -0.2) is 36.2 Å². The molecule has 41 heavy (non-hydrogen) atoms. The molecule has 1 saturated carbocycles. The van der Waals surface area contributed by atoms with Gasteiger partial charge in [0.05, 0.1) is 41.7 Å². The van der Waals surface area contributed by atoms with Crippen LogP contribution in [0, 0.1) is 35.0 Å². The van der Waals surface area contributed by atoms with Crippen molar-refractivity contribution >= 4 is 41.0 Å². The first-order valence-electron chi connectivity index (χ1n) is 14.4. The number of hydrogen-bond donors (Lipinski definition) is 0. The highest BCUT2D eigenvalue weighted by Gasteiger charge is 2.77. The predicted molar refractivity (Wildman–Crippen MR) is 152 cm³/mol. The lowest BCUT2D eigenvalue weighted by atomic mass is 9.43. The van der Waals surface area contributed by atoms with Gasteiger partial charge in [-0.1, -0.05) is 50.6 Å². The summed E-state index contributed by atoms with van der Waals surface area (Å²) in [5.74, 6) is -6.76. The second kappa shape index (κ2) is 9.50. The number of rotatable bonds is 6. The summed E-state index contributed by atoms with van der Waals surface area (Å²) in [6, 6.07) is 14.5. The summed E-state index contributed by atoms with van der Waals surface area (Å²) in [6.07, 6.45) is 1.62. The smallest absolute Gasteiger partial charge is 0.334 e. The van der Waals surface area contributed by atoms with Gasteiger partial charge in [-0.15, -0.1) is 0 Å². The first-order valence-corrected chi connectivity index (χ1v) is 14.4. The number of nitrogens with zero attached hydrogens (tertiary/aromatic N) is 2. The number of hydrogen-bond acceptors (Lipinski definition) is 6. The van der Waals surface area contributed by atoms with Crippen LogP contribution >= 0.6 is 0 Å². The van der Waals surface area contributed by atoms with E-state index >= 15 is 0 Å². The van der Waals surface area contributed by atoms with Crippen LogP contribution in [-0.2, 0) is 41.6 Å². The largest absolute Gasteiger partial charge is 0.463 e. The Labute approximate surface area is 239 Å². The van der Waals surface area contributed by atoms with Crippen LogP contribution in [0.3, 0.4) is 0 Å². The molecule has 8 nitrogen and oxygen atoms in total. The molecule has 0 radical (unpaired) electrons. The maximum Gasteiger partial charge on any atom is 0.334 e. The van der Waals surface area contributed by atoms with Crippen LogP contribution in [0.4, 0.5) is 11.4 Å². The van der Waals surface area contributed by atoms with Gasteiger partial charge in [0.1, 0.15) is 0 Å². The Hall–Kier alpha value is -4.07.